The van der Waals surface area contributed by atoms with Gasteiger partial charge in [-0.05, 0) is 42.3 Å². The largest absolute Gasteiger partial charge is 0.504 e. The van der Waals surface area contributed by atoms with Gasteiger partial charge >= 0.3 is 0 Å². The third-order valence-electron chi connectivity index (χ3n) is 7.70. The highest BCUT2D eigenvalue weighted by molar-refractivity contribution is 6.01. The standard InChI is InChI=1S/C30H26N2O9/c1-32-8-7-17-20(28-29(40-14-39-28)26(34)25(17)30(32)35)12-31-24(33)10-19-18-9-22-23(38-13-37-22)11-21(18)41-27(19)15-3-5-16(36-2)6-4-15/h3-6,9,11,34H,7-8,10,12-14H2,1-2H3,(H,31,33). The Morgan fingerprint density at radius 3 is 2.54 bits per heavy atom. The number of fused-ring (bicyclic) bond motifs is 4. The molecule has 0 atom stereocenters. The molecule has 2 N–H and O–H groups in total. The van der Waals surface area contributed by atoms with Crippen molar-refractivity contribution in [3.05, 3.63) is 58.7 Å². The highest BCUT2D eigenvalue weighted by Gasteiger charge is 2.36. The summed E-state index contributed by atoms with van der Waals surface area (Å²) in [5.41, 5.74) is 3.50. The molecule has 7 rings (SSSR count). The zero-order valence-electron chi connectivity index (χ0n) is 22.4. The van der Waals surface area contributed by atoms with E-state index in [2.05, 4.69) is 5.32 Å². The fraction of sp³-hybridized carbons (Fsp3) is 0.267. The summed E-state index contributed by atoms with van der Waals surface area (Å²) < 4.78 is 33.8. The van der Waals surface area contributed by atoms with Crippen molar-refractivity contribution in [1.82, 2.24) is 10.2 Å². The maximum absolute atomic E-state index is 13.5. The number of aromatic hydroxyl groups is 1. The van der Waals surface area contributed by atoms with E-state index in [0.29, 0.717) is 64.0 Å². The highest BCUT2D eigenvalue weighted by Crippen LogP contribution is 2.49. The molecule has 210 valence electrons. The Kier molecular flexibility index (Phi) is 5.81. The van der Waals surface area contributed by atoms with Crippen LogP contribution in [0.25, 0.3) is 22.3 Å². The predicted octanol–water partition coefficient (Wildman–Crippen LogP) is 3.76. The lowest BCUT2D eigenvalue weighted by molar-refractivity contribution is -0.120. The van der Waals surface area contributed by atoms with Crippen LogP contribution in [0.1, 0.15) is 27.0 Å². The minimum Gasteiger partial charge on any atom is -0.504 e. The first-order chi connectivity index (χ1) is 19.9. The van der Waals surface area contributed by atoms with Gasteiger partial charge in [0.2, 0.25) is 25.2 Å². The monoisotopic (exact) mass is 558 g/mol. The number of phenols is 1. The molecule has 1 aromatic heterocycles. The van der Waals surface area contributed by atoms with Crippen LogP contribution in [-0.2, 0) is 24.2 Å². The third-order valence-corrected chi connectivity index (χ3v) is 7.70. The van der Waals surface area contributed by atoms with E-state index in [1.54, 1.807) is 25.1 Å². The lowest BCUT2D eigenvalue weighted by atomic mass is 9.91. The smallest absolute Gasteiger partial charge is 0.257 e. The van der Waals surface area contributed by atoms with Crippen LogP contribution in [0, 0.1) is 0 Å². The number of rotatable bonds is 6. The van der Waals surface area contributed by atoms with Crippen LogP contribution in [-0.4, -0.2) is 56.1 Å². The zero-order chi connectivity index (χ0) is 28.2. The molecule has 0 spiro atoms. The van der Waals surface area contributed by atoms with E-state index < -0.39 is 0 Å². The number of nitrogens with zero attached hydrogens (tertiary/aromatic N) is 1. The van der Waals surface area contributed by atoms with Gasteiger partial charge in [-0.3, -0.25) is 9.59 Å². The number of phenolic OH excluding ortho intramolecular Hbond substituents is 1. The summed E-state index contributed by atoms with van der Waals surface area (Å²) in [6, 6.07) is 11.0. The first-order valence-corrected chi connectivity index (χ1v) is 13.1. The topological polar surface area (TPSA) is 129 Å². The van der Waals surface area contributed by atoms with Crippen LogP contribution in [0.15, 0.2) is 40.8 Å². The SMILES string of the molecule is COc1ccc(-c2oc3cc4c(cc3c2CC(=O)NCc2c3c(c(O)c5c2OCO5)C(=O)N(C)CC3)OCO4)cc1. The summed E-state index contributed by atoms with van der Waals surface area (Å²) in [7, 11) is 3.28. The summed E-state index contributed by atoms with van der Waals surface area (Å²) in [4.78, 5) is 27.9. The molecule has 3 aromatic carbocycles. The molecule has 11 heteroatoms. The Morgan fingerprint density at radius 2 is 1.76 bits per heavy atom. The number of nitrogens with one attached hydrogen (secondary N) is 1. The van der Waals surface area contributed by atoms with Gasteiger partial charge in [-0.2, -0.15) is 0 Å². The number of benzene rings is 3. The van der Waals surface area contributed by atoms with Crippen LogP contribution < -0.4 is 29.0 Å². The number of furan rings is 1. The van der Waals surface area contributed by atoms with Crippen LogP contribution in [0.3, 0.4) is 0 Å². The fourth-order valence-electron chi connectivity index (χ4n) is 5.59. The van der Waals surface area contributed by atoms with Gasteiger partial charge in [0.15, 0.2) is 23.0 Å². The number of carbonyl (C=O) groups is 2. The van der Waals surface area contributed by atoms with Crippen LogP contribution in [0.4, 0.5) is 0 Å². The number of ether oxygens (including phenoxy) is 5. The summed E-state index contributed by atoms with van der Waals surface area (Å²) in [6.07, 6.45) is 0.518. The maximum Gasteiger partial charge on any atom is 0.257 e. The molecule has 0 fully saturated rings. The average Bonchev–Trinajstić information content (AvgIpc) is 3.73. The second-order valence-electron chi connectivity index (χ2n) is 10.0. The van der Waals surface area contributed by atoms with Gasteiger partial charge in [0.25, 0.3) is 5.91 Å². The number of methoxy groups -OCH3 is 1. The highest BCUT2D eigenvalue weighted by atomic mass is 16.7. The summed E-state index contributed by atoms with van der Waals surface area (Å²) in [5, 5.41) is 14.5. The fourth-order valence-corrected chi connectivity index (χ4v) is 5.59. The number of amides is 2. The Balaban J connectivity index is 1.22. The Labute approximate surface area is 234 Å². The molecule has 0 aliphatic carbocycles. The van der Waals surface area contributed by atoms with Crippen molar-refractivity contribution in [2.24, 2.45) is 0 Å². The molecule has 2 amide bonds. The molecule has 4 aromatic rings. The molecule has 0 saturated heterocycles. The van der Waals surface area contributed by atoms with E-state index >= 15 is 0 Å². The number of likely N-dealkylation sites (N-methyl/N-ethyl adjacent to an activating group) is 1. The van der Waals surface area contributed by atoms with Crippen molar-refractivity contribution < 1.29 is 42.8 Å². The average molecular weight is 559 g/mol. The zero-order valence-corrected chi connectivity index (χ0v) is 22.4. The maximum atomic E-state index is 13.5. The molecule has 11 nitrogen and oxygen atoms in total. The second kappa shape index (κ2) is 9.54. The van der Waals surface area contributed by atoms with Crippen molar-refractivity contribution >= 4 is 22.8 Å². The van der Waals surface area contributed by atoms with Crippen molar-refractivity contribution in [2.45, 2.75) is 19.4 Å². The second-order valence-corrected chi connectivity index (χ2v) is 10.0. The summed E-state index contributed by atoms with van der Waals surface area (Å²) in [5.74, 6) is 2.08. The molecule has 41 heavy (non-hydrogen) atoms. The molecule has 3 aliphatic heterocycles. The first-order valence-electron chi connectivity index (χ1n) is 13.1. The Morgan fingerprint density at radius 1 is 1.02 bits per heavy atom. The van der Waals surface area contributed by atoms with Gasteiger partial charge in [-0.25, -0.2) is 0 Å². The Bertz CT molecular complexity index is 1730. The van der Waals surface area contributed by atoms with E-state index in [1.165, 1.54) is 0 Å². The Hall–Kier alpha value is -5.06. The minimum atomic E-state index is -0.303. The predicted molar refractivity (Wildman–Crippen MR) is 145 cm³/mol. The first kappa shape index (κ1) is 24.9. The van der Waals surface area contributed by atoms with Crippen molar-refractivity contribution in [3.63, 3.8) is 0 Å². The molecule has 0 bridgehead atoms. The number of carbonyl (C=O) groups excluding carboxylic acids is 2. The molecule has 3 aliphatic rings. The molecule has 0 saturated carbocycles. The van der Waals surface area contributed by atoms with Gasteiger partial charge < -0.3 is 43.4 Å². The van der Waals surface area contributed by atoms with Crippen molar-refractivity contribution in [3.8, 4) is 45.8 Å². The van der Waals surface area contributed by atoms with E-state index in [0.717, 1.165) is 10.9 Å². The van der Waals surface area contributed by atoms with Gasteiger partial charge in [-0.1, -0.05) is 0 Å². The molecular weight excluding hydrogens is 532 g/mol. The van der Waals surface area contributed by atoms with Crippen LogP contribution >= 0.6 is 0 Å². The number of hydrogen-bond acceptors (Lipinski definition) is 9. The van der Waals surface area contributed by atoms with Gasteiger partial charge in [0.05, 0.1) is 19.1 Å². The normalized spacial score (nSPS) is 14.9. The summed E-state index contributed by atoms with van der Waals surface area (Å²) >= 11 is 0. The number of hydrogen-bond donors (Lipinski definition) is 2. The van der Waals surface area contributed by atoms with Crippen LogP contribution in [0.5, 0.6) is 34.5 Å². The van der Waals surface area contributed by atoms with E-state index in [-0.39, 0.29) is 55.4 Å². The molecule has 4 heterocycles. The molecule has 0 unspecified atom stereocenters. The molecule has 0 radical (unpaired) electrons. The minimum absolute atomic E-state index is 0.00942. The third kappa shape index (κ3) is 4.03. The van der Waals surface area contributed by atoms with Crippen LogP contribution in [0.2, 0.25) is 0 Å². The van der Waals surface area contributed by atoms with Gasteiger partial charge in [0.1, 0.15) is 17.1 Å². The van der Waals surface area contributed by atoms with Crippen molar-refractivity contribution in [1.29, 1.82) is 0 Å². The van der Waals surface area contributed by atoms with Gasteiger partial charge in [-0.15, -0.1) is 0 Å². The lowest BCUT2D eigenvalue weighted by Crippen LogP contribution is -2.35. The van der Waals surface area contributed by atoms with E-state index in [9.17, 15) is 14.7 Å². The quantitative estimate of drug-likeness (QED) is 0.363. The van der Waals surface area contributed by atoms with E-state index in [4.69, 9.17) is 28.1 Å². The van der Waals surface area contributed by atoms with Crippen molar-refractivity contribution in [2.75, 3.05) is 34.3 Å². The molecular formula is C30H26N2O9. The summed E-state index contributed by atoms with van der Waals surface area (Å²) in [6.45, 7) is 0.603. The lowest BCUT2D eigenvalue weighted by Gasteiger charge is -2.28. The van der Waals surface area contributed by atoms with E-state index in [1.807, 2.05) is 30.3 Å². The van der Waals surface area contributed by atoms with Gasteiger partial charge in [0, 0.05) is 48.3 Å².